The van der Waals surface area contributed by atoms with E-state index in [2.05, 4.69) is 34.7 Å². The van der Waals surface area contributed by atoms with E-state index < -0.39 is 6.10 Å². The summed E-state index contributed by atoms with van der Waals surface area (Å²) < 4.78 is 6.66. The molecule has 0 spiro atoms. The van der Waals surface area contributed by atoms with Crippen LogP contribution in [0.15, 0.2) is 22.7 Å². The quantitative estimate of drug-likeness (QED) is 0.893. The van der Waals surface area contributed by atoms with Crippen LogP contribution >= 0.6 is 27.5 Å². The van der Waals surface area contributed by atoms with Gasteiger partial charge >= 0.3 is 0 Å². The second kappa shape index (κ2) is 7.23. The van der Waals surface area contributed by atoms with E-state index in [0.29, 0.717) is 24.1 Å². The van der Waals surface area contributed by atoms with Gasteiger partial charge in [-0.2, -0.15) is 0 Å². The Morgan fingerprint density at radius 3 is 2.90 bits per heavy atom. The largest absolute Gasteiger partial charge is 0.390 e. The molecule has 1 heterocycles. The summed E-state index contributed by atoms with van der Waals surface area (Å²) in [5.74, 6) is 0. The van der Waals surface area contributed by atoms with E-state index in [1.54, 1.807) is 0 Å². The molecule has 1 saturated heterocycles. The average molecular weight is 363 g/mol. The molecule has 0 saturated carbocycles. The highest BCUT2D eigenvalue weighted by atomic mass is 79.9. The molecular formula is C15H21BrClNO2. The number of ether oxygens (including phenoxy) is 1. The highest BCUT2D eigenvalue weighted by Gasteiger charge is 2.28. The molecule has 20 heavy (non-hydrogen) atoms. The maximum atomic E-state index is 10.4. The molecular weight excluding hydrogens is 342 g/mol. The molecule has 1 aliphatic rings. The molecule has 112 valence electrons. The normalized spacial score (nSPS) is 22.2. The topological polar surface area (TPSA) is 32.7 Å². The van der Waals surface area contributed by atoms with Gasteiger partial charge in [-0.05, 0) is 31.5 Å². The number of morpholine rings is 1. The molecule has 0 aromatic heterocycles. The lowest BCUT2D eigenvalue weighted by Crippen LogP contribution is -2.50. The lowest BCUT2D eigenvalue weighted by atomic mass is 10.0. The van der Waals surface area contributed by atoms with Crippen LogP contribution in [0.2, 0.25) is 5.02 Å². The first-order valence-electron chi connectivity index (χ1n) is 6.95. The molecule has 0 aliphatic carbocycles. The van der Waals surface area contributed by atoms with E-state index >= 15 is 0 Å². The molecule has 2 atom stereocenters. The first kappa shape index (κ1) is 16.2. The zero-order valence-electron chi connectivity index (χ0n) is 11.9. The second-order valence-corrected chi connectivity index (χ2v) is 6.83. The fourth-order valence-corrected chi connectivity index (χ4v) is 3.19. The summed E-state index contributed by atoms with van der Waals surface area (Å²) in [5, 5.41) is 11.1. The molecule has 1 aromatic carbocycles. The Labute approximate surface area is 134 Å². The zero-order chi connectivity index (χ0) is 14.7. The predicted octanol–water partition coefficient (Wildman–Crippen LogP) is 3.12. The molecule has 1 aromatic rings. The lowest BCUT2D eigenvalue weighted by Gasteiger charge is -2.37. The number of benzene rings is 1. The smallest absolute Gasteiger partial charge is 0.0964 e. The Morgan fingerprint density at radius 1 is 1.50 bits per heavy atom. The van der Waals surface area contributed by atoms with Gasteiger partial charge in [0, 0.05) is 35.0 Å². The molecule has 1 fully saturated rings. The van der Waals surface area contributed by atoms with Gasteiger partial charge in [0.2, 0.25) is 0 Å². The molecule has 1 aliphatic heterocycles. The van der Waals surface area contributed by atoms with Crippen molar-refractivity contribution in [3.05, 3.63) is 33.3 Å². The van der Waals surface area contributed by atoms with Crippen molar-refractivity contribution in [3.63, 3.8) is 0 Å². The molecule has 5 heteroatoms. The van der Waals surface area contributed by atoms with Crippen LogP contribution in [0.3, 0.4) is 0 Å². The van der Waals surface area contributed by atoms with Crippen LogP contribution < -0.4 is 0 Å². The summed E-state index contributed by atoms with van der Waals surface area (Å²) in [7, 11) is 0. The van der Waals surface area contributed by atoms with Gasteiger partial charge in [0.1, 0.15) is 0 Å². The predicted molar refractivity (Wildman–Crippen MR) is 85.3 cm³/mol. The van der Waals surface area contributed by atoms with Crippen LogP contribution in [0.5, 0.6) is 0 Å². The molecule has 1 N–H and O–H groups in total. The molecule has 0 amide bonds. The molecule has 0 bridgehead atoms. The fraction of sp³-hybridized carbons (Fsp3) is 0.600. The first-order valence-corrected chi connectivity index (χ1v) is 8.12. The minimum atomic E-state index is -0.532. The number of aliphatic hydroxyl groups is 1. The van der Waals surface area contributed by atoms with Gasteiger partial charge in [-0.15, -0.1) is 0 Å². The molecule has 3 nitrogen and oxygen atoms in total. The number of aliphatic hydroxyl groups excluding tert-OH is 1. The third-order valence-corrected chi connectivity index (χ3v) is 4.57. The Morgan fingerprint density at radius 2 is 2.25 bits per heavy atom. The van der Waals surface area contributed by atoms with Crippen molar-refractivity contribution in [2.75, 3.05) is 19.7 Å². The van der Waals surface area contributed by atoms with E-state index in [0.717, 1.165) is 23.1 Å². The van der Waals surface area contributed by atoms with Crippen LogP contribution in [0.1, 0.15) is 19.4 Å². The highest BCUT2D eigenvalue weighted by Crippen LogP contribution is 2.24. The van der Waals surface area contributed by atoms with E-state index in [1.165, 1.54) is 0 Å². The minimum Gasteiger partial charge on any atom is -0.390 e. The van der Waals surface area contributed by atoms with Gasteiger partial charge < -0.3 is 9.84 Å². The van der Waals surface area contributed by atoms with Crippen molar-refractivity contribution in [1.82, 2.24) is 4.90 Å². The van der Waals surface area contributed by atoms with Gasteiger partial charge in [-0.1, -0.05) is 33.6 Å². The van der Waals surface area contributed by atoms with E-state index in [9.17, 15) is 5.11 Å². The van der Waals surface area contributed by atoms with E-state index in [1.807, 2.05) is 18.2 Å². The SMILES string of the molecule is CC(C)N1CCOC(C(O)Cc2ccc(Br)cc2Cl)C1. The summed E-state index contributed by atoms with van der Waals surface area (Å²) in [6.45, 7) is 6.71. The van der Waals surface area contributed by atoms with Gasteiger partial charge in [0.05, 0.1) is 18.8 Å². The number of rotatable bonds is 4. The Bertz CT molecular complexity index is 455. The molecule has 0 radical (unpaired) electrons. The summed E-state index contributed by atoms with van der Waals surface area (Å²) in [4.78, 5) is 2.33. The summed E-state index contributed by atoms with van der Waals surface area (Å²) in [5.41, 5.74) is 0.952. The third kappa shape index (κ3) is 4.18. The van der Waals surface area contributed by atoms with Crippen LogP contribution in [-0.4, -0.2) is 48.0 Å². The summed E-state index contributed by atoms with van der Waals surface area (Å²) in [6, 6.07) is 6.21. The Balaban J connectivity index is 1.98. The molecule has 2 rings (SSSR count). The van der Waals surface area contributed by atoms with Crippen molar-refractivity contribution in [2.45, 2.75) is 38.5 Å². The average Bonchev–Trinajstić information content (AvgIpc) is 2.42. The molecule has 2 unspecified atom stereocenters. The number of nitrogens with zero attached hydrogens (tertiary/aromatic N) is 1. The monoisotopic (exact) mass is 361 g/mol. The highest BCUT2D eigenvalue weighted by molar-refractivity contribution is 9.10. The standard InChI is InChI=1S/C15H21BrClNO2/c1-10(2)18-5-6-20-15(9-18)14(19)7-11-3-4-12(16)8-13(11)17/h3-4,8,10,14-15,19H,5-7,9H2,1-2H3. The van der Waals surface area contributed by atoms with Crippen LogP contribution in [0, 0.1) is 0 Å². The van der Waals surface area contributed by atoms with Gasteiger partial charge in [0.15, 0.2) is 0 Å². The second-order valence-electron chi connectivity index (χ2n) is 5.51. The van der Waals surface area contributed by atoms with Crippen LogP contribution in [0.25, 0.3) is 0 Å². The van der Waals surface area contributed by atoms with Crippen molar-refractivity contribution in [2.24, 2.45) is 0 Å². The summed E-state index contributed by atoms with van der Waals surface area (Å²) >= 11 is 9.58. The van der Waals surface area contributed by atoms with Crippen molar-refractivity contribution in [3.8, 4) is 0 Å². The van der Waals surface area contributed by atoms with E-state index in [4.69, 9.17) is 16.3 Å². The fourth-order valence-electron chi connectivity index (χ4n) is 2.44. The Hall–Kier alpha value is -0.130. The lowest BCUT2D eigenvalue weighted by molar-refractivity contribution is -0.0940. The van der Waals surface area contributed by atoms with Crippen LogP contribution in [0.4, 0.5) is 0 Å². The number of hydrogen-bond acceptors (Lipinski definition) is 3. The van der Waals surface area contributed by atoms with Gasteiger partial charge in [-0.3, -0.25) is 4.90 Å². The van der Waals surface area contributed by atoms with Crippen molar-refractivity contribution < 1.29 is 9.84 Å². The van der Waals surface area contributed by atoms with Crippen LogP contribution in [-0.2, 0) is 11.2 Å². The number of hydrogen-bond donors (Lipinski definition) is 1. The van der Waals surface area contributed by atoms with Gasteiger partial charge in [0.25, 0.3) is 0 Å². The number of halogens is 2. The van der Waals surface area contributed by atoms with E-state index in [-0.39, 0.29) is 6.10 Å². The zero-order valence-corrected chi connectivity index (χ0v) is 14.2. The maximum absolute atomic E-state index is 10.4. The van der Waals surface area contributed by atoms with Gasteiger partial charge in [-0.25, -0.2) is 0 Å². The summed E-state index contributed by atoms with van der Waals surface area (Å²) in [6.07, 6.45) is -0.163. The van der Waals surface area contributed by atoms with Crippen molar-refractivity contribution >= 4 is 27.5 Å². The first-order chi connectivity index (χ1) is 9.47. The minimum absolute atomic E-state index is 0.147. The van der Waals surface area contributed by atoms with Crippen molar-refractivity contribution in [1.29, 1.82) is 0 Å². The third-order valence-electron chi connectivity index (χ3n) is 3.73. The maximum Gasteiger partial charge on any atom is 0.0964 e. The Kier molecular flexibility index (Phi) is 5.87.